The van der Waals surface area contributed by atoms with Crippen molar-refractivity contribution in [3.63, 3.8) is 0 Å². The van der Waals surface area contributed by atoms with Gasteiger partial charge in [-0.15, -0.1) is 0 Å². The Morgan fingerprint density at radius 1 is 1.50 bits per heavy atom. The number of carbonyl (C=O) groups is 1. The highest BCUT2D eigenvalue weighted by atomic mass is 16.5. The fourth-order valence-corrected chi connectivity index (χ4v) is 1.44. The molecule has 0 aliphatic carbocycles. The summed E-state index contributed by atoms with van der Waals surface area (Å²) in [4.78, 5) is 10.8. The summed E-state index contributed by atoms with van der Waals surface area (Å²) in [6, 6.07) is 0. The van der Waals surface area contributed by atoms with Gasteiger partial charge < -0.3 is 4.74 Å². The van der Waals surface area contributed by atoms with Gasteiger partial charge in [-0.05, 0) is 25.2 Å². The maximum atomic E-state index is 10.8. The van der Waals surface area contributed by atoms with Crippen molar-refractivity contribution >= 4 is 5.91 Å². The van der Waals surface area contributed by atoms with Crippen molar-refractivity contribution in [3.8, 4) is 0 Å². The Kier molecular flexibility index (Phi) is 4.04. The summed E-state index contributed by atoms with van der Waals surface area (Å²) in [5, 5.41) is 0. The molecule has 0 bridgehead atoms. The topological polar surface area (TPSA) is 64.3 Å². The first-order chi connectivity index (χ1) is 5.83. The Labute approximate surface area is 72.4 Å². The summed E-state index contributed by atoms with van der Waals surface area (Å²) in [6.07, 6.45) is 3.64. The third-order valence-corrected chi connectivity index (χ3v) is 2.28. The zero-order chi connectivity index (χ0) is 8.81. The van der Waals surface area contributed by atoms with Gasteiger partial charge in [0.2, 0.25) is 5.91 Å². The van der Waals surface area contributed by atoms with Crippen LogP contribution in [0.1, 0.15) is 25.7 Å². The van der Waals surface area contributed by atoms with Crippen LogP contribution in [0.5, 0.6) is 0 Å². The third-order valence-electron chi connectivity index (χ3n) is 2.28. The van der Waals surface area contributed by atoms with Gasteiger partial charge in [-0.3, -0.25) is 10.2 Å². The van der Waals surface area contributed by atoms with E-state index in [1.54, 1.807) is 0 Å². The smallest absolute Gasteiger partial charge is 0.233 e. The van der Waals surface area contributed by atoms with Crippen LogP contribution in [-0.4, -0.2) is 19.1 Å². The first kappa shape index (κ1) is 9.48. The van der Waals surface area contributed by atoms with Crippen LogP contribution < -0.4 is 11.3 Å². The minimum atomic E-state index is -0.0681. The molecule has 1 saturated heterocycles. The Hall–Kier alpha value is -0.610. The van der Waals surface area contributed by atoms with Gasteiger partial charge in [0.15, 0.2) is 0 Å². The lowest BCUT2D eigenvalue weighted by Gasteiger charge is -2.21. The number of nitrogens with two attached hydrogens (primary N) is 1. The molecule has 70 valence electrons. The minimum Gasteiger partial charge on any atom is -0.381 e. The normalized spacial score (nSPS) is 19.1. The number of ether oxygens (including phenoxy) is 1. The summed E-state index contributed by atoms with van der Waals surface area (Å²) in [5.74, 6) is 5.54. The summed E-state index contributed by atoms with van der Waals surface area (Å²) >= 11 is 0. The number of rotatable bonds is 3. The summed E-state index contributed by atoms with van der Waals surface area (Å²) in [7, 11) is 0. The average molecular weight is 172 g/mol. The van der Waals surface area contributed by atoms with E-state index in [1.807, 2.05) is 0 Å². The van der Waals surface area contributed by atoms with Crippen LogP contribution in [0.3, 0.4) is 0 Å². The highest BCUT2D eigenvalue weighted by molar-refractivity contribution is 5.75. The zero-order valence-corrected chi connectivity index (χ0v) is 7.21. The van der Waals surface area contributed by atoms with E-state index < -0.39 is 0 Å². The molecule has 0 radical (unpaired) electrons. The molecule has 0 unspecified atom stereocenters. The van der Waals surface area contributed by atoms with Crippen LogP contribution in [0.2, 0.25) is 0 Å². The van der Waals surface area contributed by atoms with Crippen LogP contribution in [0.4, 0.5) is 0 Å². The highest BCUT2D eigenvalue weighted by Gasteiger charge is 2.14. The van der Waals surface area contributed by atoms with Gasteiger partial charge in [0, 0.05) is 19.6 Å². The second-order valence-electron chi connectivity index (χ2n) is 3.16. The highest BCUT2D eigenvalue weighted by Crippen LogP contribution is 2.19. The second kappa shape index (κ2) is 5.11. The third kappa shape index (κ3) is 3.19. The molecule has 0 saturated carbocycles. The summed E-state index contributed by atoms with van der Waals surface area (Å²) < 4.78 is 5.21. The van der Waals surface area contributed by atoms with Crippen molar-refractivity contribution in [1.82, 2.24) is 5.43 Å². The van der Waals surface area contributed by atoms with E-state index in [9.17, 15) is 4.79 Å². The molecule has 1 aliphatic rings. The zero-order valence-electron chi connectivity index (χ0n) is 7.21. The quantitative estimate of drug-likeness (QED) is 0.362. The number of hydrogen-bond acceptors (Lipinski definition) is 3. The van der Waals surface area contributed by atoms with Crippen LogP contribution in [0.25, 0.3) is 0 Å². The van der Waals surface area contributed by atoms with E-state index in [4.69, 9.17) is 10.6 Å². The van der Waals surface area contributed by atoms with Gasteiger partial charge in [-0.2, -0.15) is 0 Å². The Balaban J connectivity index is 2.09. The first-order valence-electron chi connectivity index (χ1n) is 4.40. The molecule has 1 amide bonds. The Morgan fingerprint density at radius 2 is 2.17 bits per heavy atom. The van der Waals surface area contributed by atoms with Gasteiger partial charge in [0.25, 0.3) is 0 Å². The van der Waals surface area contributed by atoms with E-state index in [-0.39, 0.29) is 5.91 Å². The lowest BCUT2D eigenvalue weighted by molar-refractivity contribution is -0.121. The molecule has 4 heteroatoms. The number of amides is 1. The van der Waals surface area contributed by atoms with Crippen molar-refractivity contribution in [2.24, 2.45) is 11.8 Å². The van der Waals surface area contributed by atoms with E-state index in [0.29, 0.717) is 12.3 Å². The molecule has 1 aliphatic heterocycles. The van der Waals surface area contributed by atoms with E-state index >= 15 is 0 Å². The number of nitrogens with one attached hydrogen (secondary N) is 1. The second-order valence-corrected chi connectivity index (χ2v) is 3.16. The van der Waals surface area contributed by atoms with Crippen molar-refractivity contribution in [2.75, 3.05) is 13.2 Å². The fraction of sp³-hybridized carbons (Fsp3) is 0.875. The number of carbonyl (C=O) groups excluding carboxylic acids is 1. The molecule has 0 aromatic carbocycles. The van der Waals surface area contributed by atoms with Gasteiger partial charge in [0.1, 0.15) is 0 Å². The monoisotopic (exact) mass is 172 g/mol. The predicted molar refractivity (Wildman–Crippen MR) is 45.1 cm³/mol. The standard InChI is InChI=1S/C8H16N2O2/c9-10-8(11)2-1-7-3-5-12-6-4-7/h7H,1-6,9H2,(H,10,11). The Morgan fingerprint density at radius 3 is 2.75 bits per heavy atom. The lowest BCUT2D eigenvalue weighted by atomic mass is 9.95. The SMILES string of the molecule is NNC(=O)CCC1CCOCC1. The number of hydrogen-bond donors (Lipinski definition) is 2. The van der Waals surface area contributed by atoms with Crippen LogP contribution in [0.15, 0.2) is 0 Å². The molecule has 0 atom stereocenters. The molecule has 0 spiro atoms. The molecule has 3 N–H and O–H groups in total. The van der Waals surface area contributed by atoms with Crippen molar-refractivity contribution in [3.05, 3.63) is 0 Å². The number of hydrazine groups is 1. The molecule has 1 rings (SSSR count). The van der Waals surface area contributed by atoms with E-state index in [2.05, 4.69) is 5.43 Å². The predicted octanol–water partition coefficient (Wildman–Crippen LogP) is 0.183. The molecule has 12 heavy (non-hydrogen) atoms. The summed E-state index contributed by atoms with van der Waals surface area (Å²) in [6.45, 7) is 1.68. The molecule has 0 aromatic heterocycles. The van der Waals surface area contributed by atoms with Gasteiger partial charge in [-0.25, -0.2) is 5.84 Å². The van der Waals surface area contributed by atoms with Crippen molar-refractivity contribution in [1.29, 1.82) is 0 Å². The van der Waals surface area contributed by atoms with Gasteiger partial charge in [0.05, 0.1) is 0 Å². The Bertz CT molecular complexity index is 144. The van der Waals surface area contributed by atoms with E-state index in [0.717, 1.165) is 32.5 Å². The maximum Gasteiger partial charge on any atom is 0.233 e. The molecule has 1 heterocycles. The minimum absolute atomic E-state index is 0.0681. The van der Waals surface area contributed by atoms with Gasteiger partial charge in [-0.1, -0.05) is 0 Å². The molecule has 0 aromatic rings. The fourth-order valence-electron chi connectivity index (χ4n) is 1.44. The van der Waals surface area contributed by atoms with E-state index in [1.165, 1.54) is 0 Å². The summed E-state index contributed by atoms with van der Waals surface area (Å²) in [5.41, 5.74) is 2.13. The van der Waals surface area contributed by atoms with Gasteiger partial charge >= 0.3 is 0 Å². The van der Waals surface area contributed by atoms with Crippen LogP contribution in [0, 0.1) is 5.92 Å². The largest absolute Gasteiger partial charge is 0.381 e. The molecular formula is C8H16N2O2. The van der Waals surface area contributed by atoms with Crippen LogP contribution in [-0.2, 0) is 9.53 Å². The first-order valence-corrected chi connectivity index (χ1v) is 4.40. The lowest BCUT2D eigenvalue weighted by Crippen LogP contribution is -2.30. The van der Waals surface area contributed by atoms with Crippen molar-refractivity contribution < 1.29 is 9.53 Å². The maximum absolute atomic E-state index is 10.8. The average Bonchev–Trinajstić information content (AvgIpc) is 2.16. The molecule has 1 fully saturated rings. The van der Waals surface area contributed by atoms with Crippen LogP contribution >= 0.6 is 0 Å². The molecule has 4 nitrogen and oxygen atoms in total. The van der Waals surface area contributed by atoms with Crippen molar-refractivity contribution in [2.45, 2.75) is 25.7 Å². The molecular weight excluding hydrogens is 156 g/mol.